The molecule has 2 heterocycles. The SMILES string of the molecule is OC1(C2NCCc3ccccc32)CCC2(CC1)OCCO2. The first-order valence-electron chi connectivity index (χ1n) is 8.02. The van der Waals surface area contributed by atoms with E-state index in [4.69, 9.17) is 9.47 Å². The summed E-state index contributed by atoms with van der Waals surface area (Å²) in [7, 11) is 0. The Balaban J connectivity index is 1.57. The predicted octanol–water partition coefficient (Wildman–Crippen LogP) is 1.92. The highest BCUT2D eigenvalue weighted by Gasteiger charge is 2.49. The van der Waals surface area contributed by atoms with Crippen LogP contribution in [0.2, 0.25) is 0 Å². The van der Waals surface area contributed by atoms with Gasteiger partial charge in [-0.25, -0.2) is 0 Å². The first-order chi connectivity index (χ1) is 10.2. The lowest BCUT2D eigenvalue weighted by Crippen LogP contribution is -2.52. The molecule has 1 unspecified atom stereocenters. The van der Waals surface area contributed by atoms with Crippen LogP contribution < -0.4 is 5.32 Å². The molecule has 2 fully saturated rings. The van der Waals surface area contributed by atoms with Crippen LogP contribution in [0.4, 0.5) is 0 Å². The first kappa shape index (κ1) is 13.7. The summed E-state index contributed by atoms with van der Waals surface area (Å²) in [5.74, 6) is -0.416. The van der Waals surface area contributed by atoms with Crippen LogP contribution in [0.15, 0.2) is 24.3 Å². The van der Waals surface area contributed by atoms with Gasteiger partial charge in [0.05, 0.1) is 24.9 Å². The zero-order valence-corrected chi connectivity index (χ0v) is 12.3. The molecule has 4 heteroatoms. The molecule has 1 atom stereocenters. The van der Waals surface area contributed by atoms with Gasteiger partial charge in [-0.3, -0.25) is 0 Å². The van der Waals surface area contributed by atoms with Crippen LogP contribution in [0.1, 0.15) is 42.9 Å². The van der Waals surface area contributed by atoms with E-state index in [9.17, 15) is 5.11 Å². The highest BCUT2D eigenvalue weighted by Crippen LogP contribution is 2.46. The molecule has 0 aromatic heterocycles. The van der Waals surface area contributed by atoms with E-state index in [1.54, 1.807) is 0 Å². The van der Waals surface area contributed by atoms with Gasteiger partial charge in [-0.2, -0.15) is 0 Å². The number of hydrogen-bond acceptors (Lipinski definition) is 4. The van der Waals surface area contributed by atoms with Gasteiger partial charge in [0.2, 0.25) is 0 Å². The van der Waals surface area contributed by atoms with Gasteiger partial charge in [-0.1, -0.05) is 24.3 Å². The second kappa shape index (κ2) is 5.06. The number of rotatable bonds is 1. The van der Waals surface area contributed by atoms with Crippen LogP contribution in [0.3, 0.4) is 0 Å². The molecule has 1 saturated heterocycles. The molecule has 2 N–H and O–H groups in total. The van der Waals surface area contributed by atoms with E-state index < -0.39 is 11.4 Å². The van der Waals surface area contributed by atoms with E-state index in [1.807, 2.05) is 0 Å². The van der Waals surface area contributed by atoms with Crippen molar-refractivity contribution in [2.75, 3.05) is 19.8 Å². The number of aliphatic hydroxyl groups is 1. The Labute approximate surface area is 125 Å². The second-order valence-corrected chi connectivity index (χ2v) is 6.55. The summed E-state index contributed by atoms with van der Waals surface area (Å²) in [4.78, 5) is 0. The first-order valence-corrected chi connectivity index (χ1v) is 8.02. The molecule has 1 aromatic carbocycles. The number of ether oxygens (including phenoxy) is 2. The monoisotopic (exact) mass is 289 g/mol. The van der Waals surface area contributed by atoms with E-state index in [0.717, 1.165) is 38.6 Å². The van der Waals surface area contributed by atoms with Crippen molar-refractivity contribution < 1.29 is 14.6 Å². The van der Waals surface area contributed by atoms with Crippen molar-refractivity contribution in [1.29, 1.82) is 0 Å². The molecule has 1 spiro atoms. The summed E-state index contributed by atoms with van der Waals surface area (Å²) in [6.07, 6.45) is 4.05. The molecule has 4 nitrogen and oxygen atoms in total. The summed E-state index contributed by atoms with van der Waals surface area (Å²) >= 11 is 0. The van der Waals surface area contributed by atoms with Gasteiger partial charge >= 0.3 is 0 Å². The Kier molecular flexibility index (Phi) is 3.30. The summed E-state index contributed by atoms with van der Waals surface area (Å²) in [6, 6.07) is 8.51. The molecule has 1 aliphatic carbocycles. The quantitative estimate of drug-likeness (QED) is 0.829. The van der Waals surface area contributed by atoms with Gasteiger partial charge < -0.3 is 19.9 Å². The summed E-state index contributed by atoms with van der Waals surface area (Å²) in [5, 5.41) is 14.7. The van der Waals surface area contributed by atoms with Crippen molar-refractivity contribution in [2.24, 2.45) is 0 Å². The molecule has 1 aromatic rings. The van der Waals surface area contributed by atoms with Crippen LogP contribution in [0, 0.1) is 0 Å². The molecule has 3 aliphatic rings. The lowest BCUT2D eigenvalue weighted by molar-refractivity contribution is -0.207. The van der Waals surface area contributed by atoms with Crippen LogP contribution in [0.25, 0.3) is 0 Å². The van der Waals surface area contributed by atoms with Crippen LogP contribution in [-0.4, -0.2) is 36.3 Å². The molecule has 0 radical (unpaired) electrons. The predicted molar refractivity (Wildman–Crippen MR) is 78.9 cm³/mol. The molecule has 2 aliphatic heterocycles. The van der Waals surface area contributed by atoms with E-state index >= 15 is 0 Å². The zero-order valence-electron chi connectivity index (χ0n) is 12.3. The molecule has 1 saturated carbocycles. The smallest absolute Gasteiger partial charge is 0.168 e. The maximum Gasteiger partial charge on any atom is 0.168 e. The van der Waals surface area contributed by atoms with Crippen LogP contribution >= 0.6 is 0 Å². The zero-order chi connectivity index (χ0) is 14.3. The largest absolute Gasteiger partial charge is 0.388 e. The third-order valence-electron chi connectivity index (χ3n) is 5.34. The van der Waals surface area contributed by atoms with Gasteiger partial charge in [0.15, 0.2) is 5.79 Å². The number of nitrogens with one attached hydrogen (secondary N) is 1. The Hall–Kier alpha value is -0.940. The van der Waals surface area contributed by atoms with Gasteiger partial charge in [-0.05, 0) is 36.9 Å². The number of fused-ring (bicyclic) bond motifs is 1. The molecule has 4 rings (SSSR count). The highest BCUT2D eigenvalue weighted by atomic mass is 16.7. The highest BCUT2D eigenvalue weighted by molar-refractivity contribution is 5.34. The van der Waals surface area contributed by atoms with Crippen LogP contribution in [-0.2, 0) is 15.9 Å². The Morgan fingerprint density at radius 2 is 1.76 bits per heavy atom. The molecule has 0 bridgehead atoms. The summed E-state index contributed by atoms with van der Waals surface area (Å²) in [5.41, 5.74) is 1.93. The van der Waals surface area contributed by atoms with E-state index in [1.165, 1.54) is 11.1 Å². The average Bonchev–Trinajstić information content (AvgIpc) is 2.99. The van der Waals surface area contributed by atoms with Gasteiger partial charge in [0, 0.05) is 12.8 Å². The van der Waals surface area contributed by atoms with Crippen molar-refractivity contribution in [1.82, 2.24) is 5.32 Å². The fraction of sp³-hybridized carbons (Fsp3) is 0.647. The maximum absolute atomic E-state index is 11.2. The van der Waals surface area contributed by atoms with E-state index in [2.05, 4.69) is 29.6 Å². The Morgan fingerprint density at radius 1 is 1.05 bits per heavy atom. The lowest BCUT2D eigenvalue weighted by Gasteiger charge is -2.46. The minimum atomic E-state index is -0.697. The second-order valence-electron chi connectivity index (χ2n) is 6.55. The third kappa shape index (κ3) is 2.30. The van der Waals surface area contributed by atoms with Crippen molar-refractivity contribution in [3.63, 3.8) is 0 Å². The van der Waals surface area contributed by atoms with Gasteiger partial charge in [-0.15, -0.1) is 0 Å². The Morgan fingerprint density at radius 3 is 2.52 bits per heavy atom. The molecule has 114 valence electrons. The van der Waals surface area contributed by atoms with Gasteiger partial charge in [0.25, 0.3) is 0 Å². The topological polar surface area (TPSA) is 50.7 Å². The molecular formula is C17H23NO3. The fourth-order valence-corrected chi connectivity index (χ4v) is 4.12. The minimum Gasteiger partial charge on any atom is -0.388 e. The maximum atomic E-state index is 11.2. The standard InChI is InChI=1S/C17H23NO3/c19-16(6-8-17(9-7-16)20-11-12-21-17)15-14-4-2-1-3-13(14)5-10-18-15/h1-4,15,18-19H,5-12H2. The van der Waals surface area contributed by atoms with Crippen molar-refractivity contribution >= 4 is 0 Å². The number of hydrogen-bond donors (Lipinski definition) is 2. The Bertz CT molecular complexity index is 515. The van der Waals surface area contributed by atoms with Crippen molar-refractivity contribution in [3.05, 3.63) is 35.4 Å². The lowest BCUT2D eigenvalue weighted by atomic mass is 9.73. The van der Waals surface area contributed by atoms with E-state index in [-0.39, 0.29) is 6.04 Å². The fourth-order valence-electron chi connectivity index (χ4n) is 4.12. The molecular weight excluding hydrogens is 266 g/mol. The molecule has 21 heavy (non-hydrogen) atoms. The minimum absolute atomic E-state index is 0.0289. The van der Waals surface area contributed by atoms with Crippen molar-refractivity contribution in [2.45, 2.75) is 49.5 Å². The van der Waals surface area contributed by atoms with E-state index in [0.29, 0.717) is 13.2 Å². The van der Waals surface area contributed by atoms with Gasteiger partial charge in [0.1, 0.15) is 0 Å². The summed E-state index contributed by atoms with van der Waals surface area (Å²) in [6.45, 7) is 2.30. The average molecular weight is 289 g/mol. The summed E-state index contributed by atoms with van der Waals surface area (Å²) < 4.78 is 11.6. The van der Waals surface area contributed by atoms with Crippen molar-refractivity contribution in [3.8, 4) is 0 Å². The van der Waals surface area contributed by atoms with Crippen LogP contribution in [0.5, 0.6) is 0 Å². The molecule has 0 amide bonds. The normalized spacial score (nSPS) is 30.2. The number of benzene rings is 1. The third-order valence-corrected chi connectivity index (χ3v) is 5.34.